The number of aliphatic carboxylic acids is 1. The zero-order valence-corrected chi connectivity index (χ0v) is 11.4. The van der Waals surface area contributed by atoms with Crippen LogP contribution in [-0.4, -0.2) is 55.7 Å². The molecule has 1 fully saturated rings. The smallest absolute Gasteiger partial charge is 0.269 e. The Bertz CT molecular complexity index is 606. The summed E-state index contributed by atoms with van der Waals surface area (Å²) in [5.74, 6) is -2.88. The van der Waals surface area contributed by atoms with E-state index >= 15 is 0 Å². The van der Waals surface area contributed by atoms with Crippen molar-refractivity contribution in [1.29, 1.82) is 0 Å². The number of carbonyl (C=O) groups excluding carboxylic acids is 2. The fraction of sp³-hybridized carbons (Fsp3) is 0.333. The second-order valence-electron chi connectivity index (χ2n) is 4.30. The van der Waals surface area contributed by atoms with Crippen molar-refractivity contribution < 1.29 is 23.1 Å². The van der Waals surface area contributed by atoms with Crippen molar-refractivity contribution in [1.82, 2.24) is 9.21 Å². The van der Waals surface area contributed by atoms with Gasteiger partial charge in [0.25, 0.3) is 5.91 Å². The first-order valence-electron chi connectivity index (χ1n) is 5.98. The third-order valence-electron chi connectivity index (χ3n) is 3.08. The van der Waals surface area contributed by atoms with E-state index in [-0.39, 0.29) is 31.1 Å². The molecule has 1 saturated heterocycles. The molecule has 0 aliphatic carbocycles. The largest absolute Gasteiger partial charge is 0.540 e. The molecule has 108 valence electrons. The molecule has 1 aliphatic rings. The predicted octanol–water partition coefficient (Wildman–Crippen LogP) is -1.73. The topological polar surface area (TPSA) is 97.8 Å². The van der Waals surface area contributed by atoms with Gasteiger partial charge in [0, 0.05) is 26.2 Å². The lowest BCUT2D eigenvalue weighted by molar-refractivity contribution is -0.301. The van der Waals surface area contributed by atoms with E-state index in [4.69, 9.17) is 0 Å². The molecular formula is C12H13N2O5S-. The molecule has 2 rings (SSSR count). The van der Waals surface area contributed by atoms with E-state index in [1.807, 2.05) is 0 Å². The number of amides is 1. The average molecular weight is 297 g/mol. The van der Waals surface area contributed by atoms with Gasteiger partial charge in [-0.1, -0.05) is 18.2 Å². The summed E-state index contributed by atoms with van der Waals surface area (Å²) in [5, 5.41) is 10.5. The molecule has 1 amide bonds. The summed E-state index contributed by atoms with van der Waals surface area (Å²) in [4.78, 5) is 22.9. The number of nitrogens with zero attached hydrogens (tertiary/aromatic N) is 2. The summed E-state index contributed by atoms with van der Waals surface area (Å²) in [6.07, 6.45) is 0. The highest BCUT2D eigenvalue weighted by atomic mass is 32.2. The molecule has 8 heteroatoms. The Morgan fingerprint density at radius 3 is 2.05 bits per heavy atom. The monoisotopic (exact) mass is 297 g/mol. The van der Waals surface area contributed by atoms with Gasteiger partial charge in [-0.05, 0) is 12.1 Å². The maximum Gasteiger partial charge on any atom is 0.269 e. The van der Waals surface area contributed by atoms with E-state index in [0.717, 1.165) is 4.90 Å². The van der Waals surface area contributed by atoms with Crippen molar-refractivity contribution in [3.63, 3.8) is 0 Å². The van der Waals surface area contributed by atoms with E-state index in [9.17, 15) is 23.1 Å². The third-order valence-corrected chi connectivity index (χ3v) is 4.99. The number of carboxylic acids is 1. The van der Waals surface area contributed by atoms with Crippen molar-refractivity contribution in [2.24, 2.45) is 0 Å². The number of carbonyl (C=O) groups is 2. The van der Waals surface area contributed by atoms with Gasteiger partial charge in [-0.15, -0.1) is 0 Å². The zero-order valence-electron chi connectivity index (χ0n) is 10.6. The maximum atomic E-state index is 12.3. The Kier molecular flexibility index (Phi) is 4.05. The van der Waals surface area contributed by atoms with Gasteiger partial charge >= 0.3 is 0 Å². The molecule has 7 nitrogen and oxygen atoms in total. The second-order valence-corrected chi connectivity index (χ2v) is 6.23. The van der Waals surface area contributed by atoms with Crippen LogP contribution in [0.2, 0.25) is 0 Å². The molecular weight excluding hydrogens is 284 g/mol. The van der Waals surface area contributed by atoms with Gasteiger partial charge in [0.05, 0.1) is 4.90 Å². The normalized spacial score (nSPS) is 16.9. The SMILES string of the molecule is O=C([O-])C(=O)N1CCN(S(=O)(=O)c2ccccc2)CC1. The number of piperazine rings is 1. The van der Waals surface area contributed by atoms with E-state index in [0.29, 0.717) is 0 Å². The summed E-state index contributed by atoms with van der Waals surface area (Å²) in [6, 6.07) is 7.96. The molecule has 0 aromatic heterocycles. The van der Waals surface area contributed by atoms with Crippen LogP contribution >= 0.6 is 0 Å². The Morgan fingerprint density at radius 2 is 1.55 bits per heavy atom. The van der Waals surface area contributed by atoms with Crippen LogP contribution in [0.1, 0.15) is 0 Å². The van der Waals surface area contributed by atoms with Gasteiger partial charge in [0.2, 0.25) is 10.0 Å². The van der Waals surface area contributed by atoms with Crippen molar-refractivity contribution >= 4 is 21.9 Å². The number of hydrogen-bond donors (Lipinski definition) is 0. The highest BCUT2D eigenvalue weighted by molar-refractivity contribution is 7.89. The van der Waals surface area contributed by atoms with Crippen LogP contribution < -0.4 is 5.11 Å². The van der Waals surface area contributed by atoms with Gasteiger partial charge in [-0.25, -0.2) is 8.42 Å². The van der Waals surface area contributed by atoms with E-state index in [1.165, 1.54) is 16.4 Å². The van der Waals surface area contributed by atoms with E-state index < -0.39 is 21.9 Å². The van der Waals surface area contributed by atoms with Crippen molar-refractivity contribution in [3.05, 3.63) is 30.3 Å². The number of carboxylic acid groups (broad SMARTS) is 1. The molecule has 0 bridgehead atoms. The quantitative estimate of drug-likeness (QED) is 0.604. The highest BCUT2D eigenvalue weighted by Crippen LogP contribution is 2.17. The Labute approximate surface area is 116 Å². The minimum atomic E-state index is -3.60. The van der Waals surface area contributed by atoms with Gasteiger partial charge in [0.1, 0.15) is 5.97 Å². The molecule has 1 heterocycles. The van der Waals surface area contributed by atoms with Crippen molar-refractivity contribution in [3.8, 4) is 0 Å². The lowest BCUT2D eigenvalue weighted by Gasteiger charge is -2.34. The molecule has 0 spiro atoms. The first kappa shape index (κ1) is 14.5. The standard InChI is InChI=1S/C12H14N2O5S/c15-11(12(16)17)13-6-8-14(9-7-13)20(18,19)10-4-2-1-3-5-10/h1-5H,6-9H2,(H,16,17)/p-1. The van der Waals surface area contributed by atoms with E-state index in [2.05, 4.69) is 0 Å². The van der Waals surface area contributed by atoms with Gasteiger partial charge in [-0.2, -0.15) is 4.31 Å². The zero-order chi connectivity index (χ0) is 14.8. The van der Waals surface area contributed by atoms with Gasteiger partial charge in [-0.3, -0.25) is 4.79 Å². The number of rotatable bonds is 2. The molecule has 0 unspecified atom stereocenters. The molecule has 1 aromatic rings. The number of sulfonamides is 1. The summed E-state index contributed by atoms with van der Waals surface area (Å²) >= 11 is 0. The van der Waals surface area contributed by atoms with Crippen molar-refractivity contribution in [2.45, 2.75) is 4.90 Å². The lowest BCUT2D eigenvalue weighted by Crippen LogP contribution is -2.54. The molecule has 0 radical (unpaired) electrons. The van der Waals surface area contributed by atoms with Crippen LogP contribution in [0.3, 0.4) is 0 Å². The van der Waals surface area contributed by atoms with Crippen LogP contribution in [-0.2, 0) is 19.6 Å². The molecule has 0 atom stereocenters. The van der Waals surface area contributed by atoms with Crippen LogP contribution in [0, 0.1) is 0 Å². The van der Waals surface area contributed by atoms with Crippen molar-refractivity contribution in [2.75, 3.05) is 26.2 Å². The minimum Gasteiger partial charge on any atom is -0.540 e. The summed E-state index contributed by atoms with van der Waals surface area (Å²) in [5.41, 5.74) is 0. The van der Waals surface area contributed by atoms with E-state index in [1.54, 1.807) is 18.2 Å². The molecule has 1 aromatic carbocycles. The fourth-order valence-corrected chi connectivity index (χ4v) is 3.45. The summed E-state index contributed by atoms with van der Waals surface area (Å²) < 4.78 is 25.8. The fourth-order valence-electron chi connectivity index (χ4n) is 2.00. The Balaban J connectivity index is 2.08. The Hall–Kier alpha value is -1.93. The Morgan fingerprint density at radius 1 is 1.00 bits per heavy atom. The molecule has 0 N–H and O–H groups in total. The predicted molar refractivity (Wildman–Crippen MR) is 66.8 cm³/mol. The first-order chi connectivity index (χ1) is 9.43. The van der Waals surface area contributed by atoms with Crippen LogP contribution in [0.4, 0.5) is 0 Å². The average Bonchev–Trinajstić information content (AvgIpc) is 2.47. The third kappa shape index (κ3) is 2.81. The summed E-state index contributed by atoms with van der Waals surface area (Å²) in [7, 11) is -3.60. The van der Waals surface area contributed by atoms with Gasteiger partial charge < -0.3 is 14.8 Å². The maximum absolute atomic E-state index is 12.3. The van der Waals surface area contributed by atoms with Crippen LogP contribution in [0.25, 0.3) is 0 Å². The lowest BCUT2D eigenvalue weighted by atomic mass is 10.3. The highest BCUT2D eigenvalue weighted by Gasteiger charge is 2.30. The molecule has 0 saturated carbocycles. The minimum absolute atomic E-state index is 0.0406. The van der Waals surface area contributed by atoms with Crippen LogP contribution in [0.5, 0.6) is 0 Å². The van der Waals surface area contributed by atoms with Gasteiger partial charge in [0.15, 0.2) is 0 Å². The first-order valence-corrected chi connectivity index (χ1v) is 7.42. The molecule has 1 aliphatic heterocycles. The summed E-state index contributed by atoms with van der Waals surface area (Å²) in [6.45, 7) is 0.213. The second kappa shape index (κ2) is 5.59. The molecule has 20 heavy (non-hydrogen) atoms. The number of benzene rings is 1. The van der Waals surface area contributed by atoms with Crippen LogP contribution in [0.15, 0.2) is 35.2 Å². The number of hydrogen-bond acceptors (Lipinski definition) is 5.